The highest BCUT2D eigenvalue weighted by Crippen LogP contribution is 2.27. The number of likely N-dealkylation sites (tertiary alicyclic amines) is 1. The molecule has 4 heteroatoms. The Morgan fingerprint density at radius 1 is 1.24 bits per heavy atom. The van der Waals surface area contributed by atoms with Crippen molar-refractivity contribution in [2.45, 2.75) is 57.0 Å². The Labute approximate surface area is 103 Å². The normalized spacial score (nSPS) is 35.0. The SMILES string of the molecule is NC1CCC(CCN2CCCC2C(=O)O)CC1. The quantitative estimate of drug-likeness (QED) is 0.780. The Morgan fingerprint density at radius 3 is 2.59 bits per heavy atom. The summed E-state index contributed by atoms with van der Waals surface area (Å²) in [5, 5.41) is 9.10. The molecular formula is C13H24N2O2. The van der Waals surface area contributed by atoms with Crippen molar-refractivity contribution in [3.05, 3.63) is 0 Å². The van der Waals surface area contributed by atoms with E-state index in [1.807, 2.05) is 0 Å². The summed E-state index contributed by atoms with van der Waals surface area (Å²) in [5.74, 6) is 0.123. The van der Waals surface area contributed by atoms with Crippen molar-refractivity contribution in [3.63, 3.8) is 0 Å². The second-order valence-corrected chi connectivity index (χ2v) is 5.60. The highest BCUT2D eigenvalue weighted by atomic mass is 16.4. The van der Waals surface area contributed by atoms with Crippen LogP contribution in [0.5, 0.6) is 0 Å². The third-order valence-electron chi connectivity index (χ3n) is 4.36. The molecule has 1 heterocycles. The van der Waals surface area contributed by atoms with E-state index >= 15 is 0 Å². The Bertz CT molecular complexity index is 262. The standard InChI is InChI=1S/C13H24N2O2/c14-11-5-3-10(4-6-11)7-9-15-8-1-2-12(15)13(16)17/h10-12H,1-9,14H2,(H,16,17). The van der Waals surface area contributed by atoms with E-state index in [1.165, 1.54) is 12.8 Å². The number of hydrogen-bond acceptors (Lipinski definition) is 3. The summed E-state index contributed by atoms with van der Waals surface area (Å²) in [7, 11) is 0. The van der Waals surface area contributed by atoms with Crippen molar-refractivity contribution in [3.8, 4) is 0 Å². The molecule has 4 nitrogen and oxygen atoms in total. The Kier molecular flexibility index (Phi) is 4.40. The molecule has 0 spiro atoms. The monoisotopic (exact) mass is 240 g/mol. The molecule has 0 bridgehead atoms. The summed E-state index contributed by atoms with van der Waals surface area (Å²) < 4.78 is 0. The van der Waals surface area contributed by atoms with E-state index in [9.17, 15) is 4.79 Å². The topological polar surface area (TPSA) is 66.6 Å². The van der Waals surface area contributed by atoms with Crippen molar-refractivity contribution in [1.82, 2.24) is 4.90 Å². The minimum absolute atomic E-state index is 0.221. The zero-order valence-corrected chi connectivity index (χ0v) is 10.5. The molecule has 1 aliphatic carbocycles. The maximum Gasteiger partial charge on any atom is 0.320 e. The van der Waals surface area contributed by atoms with Crippen LogP contribution in [0.15, 0.2) is 0 Å². The molecule has 2 aliphatic rings. The van der Waals surface area contributed by atoms with Gasteiger partial charge in [0.1, 0.15) is 6.04 Å². The fourth-order valence-corrected chi connectivity index (χ4v) is 3.20. The van der Waals surface area contributed by atoms with Gasteiger partial charge in [0.25, 0.3) is 0 Å². The third kappa shape index (κ3) is 3.42. The average Bonchev–Trinajstić information content (AvgIpc) is 2.76. The van der Waals surface area contributed by atoms with Crippen molar-refractivity contribution >= 4 is 5.97 Å². The van der Waals surface area contributed by atoms with Crippen molar-refractivity contribution in [2.75, 3.05) is 13.1 Å². The molecule has 3 N–H and O–H groups in total. The van der Waals surface area contributed by atoms with E-state index in [-0.39, 0.29) is 6.04 Å². The minimum Gasteiger partial charge on any atom is -0.480 e. The van der Waals surface area contributed by atoms with Gasteiger partial charge in [-0.1, -0.05) is 0 Å². The van der Waals surface area contributed by atoms with Crippen molar-refractivity contribution < 1.29 is 9.90 Å². The molecule has 2 fully saturated rings. The first kappa shape index (κ1) is 12.8. The van der Waals surface area contributed by atoms with Crippen LogP contribution in [0.2, 0.25) is 0 Å². The van der Waals surface area contributed by atoms with E-state index in [1.54, 1.807) is 0 Å². The van der Waals surface area contributed by atoms with Crippen LogP contribution in [0.25, 0.3) is 0 Å². The van der Waals surface area contributed by atoms with Crippen LogP contribution in [0.3, 0.4) is 0 Å². The molecule has 1 saturated carbocycles. The number of carboxylic acid groups (broad SMARTS) is 1. The predicted molar refractivity (Wildman–Crippen MR) is 66.8 cm³/mol. The highest BCUT2D eigenvalue weighted by molar-refractivity contribution is 5.73. The highest BCUT2D eigenvalue weighted by Gasteiger charge is 2.30. The molecular weight excluding hydrogens is 216 g/mol. The Hall–Kier alpha value is -0.610. The molecule has 17 heavy (non-hydrogen) atoms. The van der Waals surface area contributed by atoms with Crippen molar-refractivity contribution in [1.29, 1.82) is 0 Å². The summed E-state index contributed by atoms with van der Waals surface area (Å²) >= 11 is 0. The van der Waals surface area contributed by atoms with Crippen molar-refractivity contribution in [2.24, 2.45) is 11.7 Å². The van der Waals surface area contributed by atoms with E-state index in [2.05, 4.69) is 4.90 Å². The molecule has 0 aromatic carbocycles. The molecule has 1 aliphatic heterocycles. The minimum atomic E-state index is -0.645. The van der Waals surface area contributed by atoms with E-state index < -0.39 is 5.97 Å². The van der Waals surface area contributed by atoms with Gasteiger partial charge in [0.15, 0.2) is 0 Å². The lowest BCUT2D eigenvalue weighted by molar-refractivity contribution is -0.142. The van der Waals surface area contributed by atoms with Gasteiger partial charge in [-0.05, 0) is 64.0 Å². The molecule has 1 atom stereocenters. The molecule has 0 aromatic rings. The number of rotatable bonds is 4. The number of hydrogen-bond donors (Lipinski definition) is 2. The van der Waals surface area contributed by atoms with Crippen LogP contribution in [-0.2, 0) is 4.79 Å². The predicted octanol–water partition coefficient (Wildman–Crippen LogP) is 1.44. The van der Waals surface area contributed by atoms with Gasteiger partial charge in [-0.2, -0.15) is 0 Å². The average molecular weight is 240 g/mol. The van der Waals surface area contributed by atoms with Crippen LogP contribution in [0.1, 0.15) is 44.9 Å². The number of nitrogens with two attached hydrogens (primary N) is 1. The first-order valence-corrected chi connectivity index (χ1v) is 6.89. The van der Waals surface area contributed by atoms with E-state index in [4.69, 9.17) is 10.8 Å². The van der Waals surface area contributed by atoms with Crippen LogP contribution in [0, 0.1) is 5.92 Å². The summed E-state index contributed by atoms with van der Waals surface area (Å²) in [6.45, 7) is 1.92. The van der Waals surface area contributed by atoms with E-state index in [0.29, 0.717) is 6.04 Å². The summed E-state index contributed by atoms with van der Waals surface area (Å²) in [4.78, 5) is 13.2. The fraction of sp³-hybridized carbons (Fsp3) is 0.923. The van der Waals surface area contributed by atoms with Crippen LogP contribution in [0.4, 0.5) is 0 Å². The lowest BCUT2D eigenvalue weighted by Crippen LogP contribution is -2.37. The van der Waals surface area contributed by atoms with Gasteiger partial charge in [-0.25, -0.2) is 0 Å². The Balaban J connectivity index is 1.72. The third-order valence-corrected chi connectivity index (χ3v) is 4.36. The summed E-state index contributed by atoms with van der Waals surface area (Å²) in [6, 6.07) is 0.186. The lowest BCUT2D eigenvalue weighted by atomic mass is 9.84. The maximum atomic E-state index is 11.0. The molecule has 2 rings (SSSR count). The number of nitrogens with zero attached hydrogens (tertiary/aromatic N) is 1. The fourth-order valence-electron chi connectivity index (χ4n) is 3.20. The van der Waals surface area contributed by atoms with Gasteiger partial charge < -0.3 is 10.8 Å². The molecule has 0 radical (unpaired) electrons. The van der Waals surface area contributed by atoms with Crippen LogP contribution in [-0.4, -0.2) is 41.1 Å². The van der Waals surface area contributed by atoms with Gasteiger partial charge in [0.2, 0.25) is 0 Å². The number of carboxylic acids is 1. The first-order valence-electron chi connectivity index (χ1n) is 6.89. The Morgan fingerprint density at radius 2 is 1.94 bits per heavy atom. The van der Waals surface area contributed by atoms with Crippen LogP contribution >= 0.6 is 0 Å². The first-order chi connectivity index (χ1) is 8.16. The largest absolute Gasteiger partial charge is 0.480 e. The molecule has 0 aromatic heterocycles. The van der Waals surface area contributed by atoms with Gasteiger partial charge in [0, 0.05) is 6.04 Å². The van der Waals surface area contributed by atoms with E-state index in [0.717, 1.165) is 51.1 Å². The van der Waals surface area contributed by atoms with Gasteiger partial charge in [-0.15, -0.1) is 0 Å². The zero-order chi connectivity index (χ0) is 12.3. The summed E-state index contributed by atoms with van der Waals surface area (Å²) in [5.41, 5.74) is 5.89. The molecule has 1 unspecified atom stereocenters. The zero-order valence-electron chi connectivity index (χ0n) is 10.5. The van der Waals surface area contributed by atoms with Gasteiger partial charge >= 0.3 is 5.97 Å². The second-order valence-electron chi connectivity index (χ2n) is 5.60. The van der Waals surface area contributed by atoms with Gasteiger partial charge in [-0.3, -0.25) is 9.69 Å². The number of aliphatic carboxylic acids is 1. The second kappa shape index (κ2) is 5.83. The number of carbonyl (C=O) groups is 1. The van der Waals surface area contributed by atoms with Gasteiger partial charge in [0.05, 0.1) is 0 Å². The van der Waals surface area contributed by atoms with Crippen LogP contribution < -0.4 is 5.73 Å². The molecule has 98 valence electrons. The lowest BCUT2D eigenvalue weighted by Gasteiger charge is -2.28. The summed E-state index contributed by atoms with van der Waals surface area (Å²) in [6.07, 6.45) is 7.76. The molecule has 1 saturated heterocycles. The maximum absolute atomic E-state index is 11.0. The molecule has 0 amide bonds. The smallest absolute Gasteiger partial charge is 0.320 e.